The molecule has 0 aliphatic carbocycles. The lowest BCUT2D eigenvalue weighted by Gasteiger charge is -2.18. The highest BCUT2D eigenvalue weighted by Crippen LogP contribution is 2.38. The molecule has 3 heteroatoms. The molecule has 0 saturated carbocycles. The highest BCUT2D eigenvalue weighted by atomic mass is 16.5. The van der Waals surface area contributed by atoms with Crippen LogP contribution in [-0.2, 0) is 0 Å². The van der Waals surface area contributed by atoms with Crippen LogP contribution in [0.2, 0.25) is 0 Å². The summed E-state index contributed by atoms with van der Waals surface area (Å²) >= 11 is 0. The molecule has 1 unspecified atom stereocenters. The molecule has 1 atom stereocenters. The molecule has 2 rings (SSSR count). The van der Waals surface area contributed by atoms with Crippen molar-refractivity contribution < 1.29 is 9.47 Å². The minimum absolute atomic E-state index is 0.505. The van der Waals surface area contributed by atoms with Crippen LogP contribution < -0.4 is 14.8 Å². The van der Waals surface area contributed by atoms with Crippen LogP contribution in [-0.4, -0.2) is 27.3 Å². The summed E-state index contributed by atoms with van der Waals surface area (Å²) in [5.74, 6) is 2.40. The molecule has 1 heterocycles. The standard InChI is InChI=1S/C13H19NO2/c1-9-6-11(15-2)13(12(7-9)16-3)10-4-5-14-8-10/h6-7,10,14H,4-5,8H2,1-3H3. The van der Waals surface area contributed by atoms with E-state index >= 15 is 0 Å². The monoisotopic (exact) mass is 221 g/mol. The van der Waals surface area contributed by atoms with E-state index < -0.39 is 0 Å². The number of ether oxygens (including phenoxy) is 2. The Morgan fingerprint density at radius 2 is 1.81 bits per heavy atom. The summed E-state index contributed by atoms with van der Waals surface area (Å²) < 4.78 is 10.9. The molecule has 1 saturated heterocycles. The largest absolute Gasteiger partial charge is 0.496 e. The Bertz CT molecular complexity index is 345. The van der Waals surface area contributed by atoms with Gasteiger partial charge >= 0.3 is 0 Å². The smallest absolute Gasteiger partial charge is 0.126 e. The van der Waals surface area contributed by atoms with Gasteiger partial charge in [-0.05, 0) is 37.6 Å². The summed E-state index contributed by atoms with van der Waals surface area (Å²) in [6.07, 6.45) is 1.15. The van der Waals surface area contributed by atoms with Crippen LogP contribution in [0.5, 0.6) is 11.5 Å². The van der Waals surface area contributed by atoms with Gasteiger partial charge in [0, 0.05) is 18.0 Å². The normalized spacial score (nSPS) is 19.8. The van der Waals surface area contributed by atoms with Gasteiger partial charge in [-0.2, -0.15) is 0 Å². The predicted octanol–water partition coefficient (Wildman–Crippen LogP) is 2.09. The Morgan fingerprint density at radius 1 is 1.19 bits per heavy atom. The Balaban J connectivity index is 2.46. The lowest BCUT2D eigenvalue weighted by atomic mass is 9.95. The highest BCUT2D eigenvalue weighted by molar-refractivity contribution is 5.50. The van der Waals surface area contributed by atoms with Crippen molar-refractivity contribution >= 4 is 0 Å². The van der Waals surface area contributed by atoms with Crippen LogP contribution in [0.1, 0.15) is 23.5 Å². The second-order valence-corrected chi connectivity index (χ2v) is 4.27. The van der Waals surface area contributed by atoms with Crippen molar-refractivity contribution in [1.82, 2.24) is 5.32 Å². The predicted molar refractivity (Wildman–Crippen MR) is 64.5 cm³/mol. The fraction of sp³-hybridized carbons (Fsp3) is 0.538. The van der Waals surface area contributed by atoms with E-state index in [1.165, 1.54) is 11.1 Å². The zero-order valence-corrected chi connectivity index (χ0v) is 10.2. The van der Waals surface area contributed by atoms with Gasteiger partial charge in [0.25, 0.3) is 0 Å². The van der Waals surface area contributed by atoms with Gasteiger partial charge in [-0.1, -0.05) is 0 Å². The van der Waals surface area contributed by atoms with Gasteiger partial charge in [0.15, 0.2) is 0 Å². The van der Waals surface area contributed by atoms with Crippen LogP contribution in [0.25, 0.3) is 0 Å². The van der Waals surface area contributed by atoms with E-state index in [1.807, 2.05) is 0 Å². The second-order valence-electron chi connectivity index (χ2n) is 4.27. The number of hydrogen-bond donors (Lipinski definition) is 1. The Hall–Kier alpha value is -1.22. The third-order valence-electron chi connectivity index (χ3n) is 3.16. The molecule has 0 bridgehead atoms. The van der Waals surface area contributed by atoms with Gasteiger partial charge in [0.1, 0.15) is 11.5 Å². The summed E-state index contributed by atoms with van der Waals surface area (Å²) in [5, 5.41) is 3.38. The van der Waals surface area contributed by atoms with E-state index in [0.29, 0.717) is 5.92 Å². The molecule has 0 spiro atoms. The summed E-state index contributed by atoms with van der Waals surface area (Å²) in [6, 6.07) is 4.16. The van der Waals surface area contributed by atoms with E-state index in [4.69, 9.17) is 9.47 Å². The SMILES string of the molecule is COc1cc(C)cc(OC)c1C1CCNC1. The van der Waals surface area contributed by atoms with Crippen LogP contribution in [0.15, 0.2) is 12.1 Å². The van der Waals surface area contributed by atoms with Gasteiger partial charge < -0.3 is 14.8 Å². The fourth-order valence-electron chi connectivity index (χ4n) is 2.37. The van der Waals surface area contributed by atoms with Gasteiger partial charge in [0.05, 0.1) is 14.2 Å². The first-order valence-corrected chi connectivity index (χ1v) is 5.69. The number of methoxy groups -OCH3 is 2. The minimum Gasteiger partial charge on any atom is -0.496 e. The van der Waals surface area contributed by atoms with Gasteiger partial charge in [-0.3, -0.25) is 0 Å². The average Bonchev–Trinajstić information content (AvgIpc) is 2.80. The zero-order valence-electron chi connectivity index (χ0n) is 10.2. The quantitative estimate of drug-likeness (QED) is 0.847. The Kier molecular flexibility index (Phi) is 3.34. The Labute approximate surface area is 96.8 Å². The average molecular weight is 221 g/mol. The van der Waals surface area contributed by atoms with E-state index in [9.17, 15) is 0 Å². The topological polar surface area (TPSA) is 30.5 Å². The summed E-state index contributed by atoms with van der Waals surface area (Å²) in [6.45, 7) is 4.14. The maximum atomic E-state index is 5.47. The summed E-state index contributed by atoms with van der Waals surface area (Å²) in [5.41, 5.74) is 2.38. The maximum Gasteiger partial charge on any atom is 0.126 e. The third-order valence-corrected chi connectivity index (χ3v) is 3.16. The van der Waals surface area contributed by atoms with E-state index in [-0.39, 0.29) is 0 Å². The number of benzene rings is 1. The zero-order chi connectivity index (χ0) is 11.5. The first kappa shape index (κ1) is 11.3. The molecule has 1 N–H and O–H groups in total. The van der Waals surface area contributed by atoms with Crippen molar-refractivity contribution in [2.75, 3.05) is 27.3 Å². The fourth-order valence-corrected chi connectivity index (χ4v) is 2.37. The van der Waals surface area contributed by atoms with E-state index in [2.05, 4.69) is 24.4 Å². The van der Waals surface area contributed by atoms with Crippen LogP contribution in [0.4, 0.5) is 0 Å². The number of aryl methyl sites for hydroxylation is 1. The molecule has 1 aliphatic rings. The van der Waals surface area contributed by atoms with Gasteiger partial charge in [-0.15, -0.1) is 0 Å². The molecule has 16 heavy (non-hydrogen) atoms. The summed E-state index contributed by atoms with van der Waals surface area (Å²) in [4.78, 5) is 0. The molecular weight excluding hydrogens is 202 g/mol. The number of hydrogen-bond acceptors (Lipinski definition) is 3. The number of nitrogens with one attached hydrogen (secondary N) is 1. The van der Waals surface area contributed by atoms with Crippen LogP contribution >= 0.6 is 0 Å². The molecule has 1 aromatic rings. The minimum atomic E-state index is 0.505. The van der Waals surface area contributed by atoms with E-state index in [0.717, 1.165) is 31.0 Å². The van der Waals surface area contributed by atoms with Crippen molar-refractivity contribution in [1.29, 1.82) is 0 Å². The molecule has 3 nitrogen and oxygen atoms in total. The van der Waals surface area contributed by atoms with Crippen LogP contribution in [0.3, 0.4) is 0 Å². The molecular formula is C13H19NO2. The molecule has 1 fully saturated rings. The molecule has 1 aliphatic heterocycles. The Morgan fingerprint density at radius 3 is 2.25 bits per heavy atom. The van der Waals surface area contributed by atoms with Crippen LogP contribution in [0, 0.1) is 6.92 Å². The van der Waals surface area contributed by atoms with E-state index in [1.54, 1.807) is 14.2 Å². The molecule has 0 amide bonds. The molecule has 0 radical (unpaired) electrons. The molecule has 0 aromatic heterocycles. The lowest BCUT2D eigenvalue weighted by molar-refractivity contribution is 0.379. The highest BCUT2D eigenvalue weighted by Gasteiger charge is 2.24. The van der Waals surface area contributed by atoms with Crippen molar-refractivity contribution in [2.45, 2.75) is 19.3 Å². The van der Waals surface area contributed by atoms with Crippen molar-refractivity contribution in [3.8, 4) is 11.5 Å². The number of rotatable bonds is 3. The molecule has 1 aromatic carbocycles. The van der Waals surface area contributed by atoms with Gasteiger partial charge in [-0.25, -0.2) is 0 Å². The third kappa shape index (κ3) is 2.00. The first-order valence-electron chi connectivity index (χ1n) is 5.69. The first-order chi connectivity index (χ1) is 7.76. The van der Waals surface area contributed by atoms with Gasteiger partial charge in [0.2, 0.25) is 0 Å². The van der Waals surface area contributed by atoms with Crippen molar-refractivity contribution in [3.05, 3.63) is 23.3 Å². The van der Waals surface area contributed by atoms with Crippen molar-refractivity contribution in [2.24, 2.45) is 0 Å². The second kappa shape index (κ2) is 4.74. The lowest BCUT2D eigenvalue weighted by Crippen LogP contribution is -2.10. The van der Waals surface area contributed by atoms with Crippen molar-refractivity contribution in [3.63, 3.8) is 0 Å². The summed E-state index contributed by atoms with van der Waals surface area (Å²) in [7, 11) is 3.44. The maximum absolute atomic E-state index is 5.47. The molecule has 88 valence electrons.